The number of nitrogens with zero attached hydrogens (tertiary/aromatic N) is 2. The third-order valence-electron chi connectivity index (χ3n) is 5.30. The Morgan fingerprint density at radius 3 is 2.63 bits per heavy atom. The number of ether oxygens (including phenoxy) is 2. The van der Waals surface area contributed by atoms with Gasteiger partial charge in [0.1, 0.15) is 16.7 Å². The molecule has 1 aliphatic heterocycles. The van der Waals surface area contributed by atoms with E-state index in [9.17, 15) is 17.4 Å². The number of aromatic nitrogens is 3. The van der Waals surface area contributed by atoms with Gasteiger partial charge < -0.3 is 20.5 Å². The van der Waals surface area contributed by atoms with E-state index >= 15 is 0 Å². The van der Waals surface area contributed by atoms with Gasteiger partial charge in [0.15, 0.2) is 0 Å². The van der Waals surface area contributed by atoms with E-state index in [1.807, 2.05) is 0 Å². The normalized spacial score (nSPS) is 15.7. The number of benzene rings is 2. The van der Waals surface area contributed by atoms with Crippen LogP contribution in [0.5, 0.6) is 5.75 Å². The number of H-pyrrole nitrogens is 1. The number of methoxy groups -OCH3 is 1. The van der Waals surface area contributed by atoms with Gasteiger partial charge in [-0.3, -0.25) is 0 Å². The lowest BCUT2D eigenvalue weighted by atomic mass is 9.98. The summed E-state index contributed by atoms with van der Waals surface area (Å²) in [6.07, 6.45) is -3.40. The number of hydrogen-bond donors (Lipinski definition) is 4. The summed E-state index contributed by atoms with van der Waals surface area (Å²) in [6.45, 7) is 1.08. The van der Waals surface area contributed by atoms with E-state index in [2.05, 4.69) is 25.2 Å². The smallest absolute Gasteiger partial charge is 0.417 e. The molecule has 0 spiro atoms. The quantitative estimate of drug-likeness (QED) is 0.359. The van der Waals surface area contributed by atoms with Gasteiger partial charge in [-0.2, -0.15) is 18.2 Å². The van der Waals surface area contributed by atoms with Crippen molar-refractivity contribution in [2.75, 3.05) is 31.4 Å². The van der Waals surface area contributed by atoms with Crippen molar-refractivity contribution in [3.63, 3.8) is 0 Å². The second kappa shape index (κ2) is 10.4. The molecule has 1 aliphatic rings. The number of alkyl halides is 3. The van der Waals surface area contributed by atoms with E-state index in [0.717, 1.165) is 6.07 Å². The van der Waals surface area contributed by atoms with Crippen molar-refractivity contribution in [3.05, 3.63) is 40.9 Å². The molecule has 1 aromatic heterocycles. The summed E-state index contributed by atoms with van der Waals surface area (Å²) in [5.74, 6) is 0.261. The fourth-order valence-electron chi connectivity index (χ4n) is 3.66. The Morgan fingerprint density at radius 2 is 2.00 bits per heavy atom. The van der Waals surface area contributed by atoms with Crippen molar-refractivity contribution in [3.8, 4) is 16.9 Å². The van der Waals surface area contributed by atoms with E-state index in [0.29, 0.717) is 26.1 Å². The van der Waals surface area contributed by atoms with Crippen molar-refractivity contribution in [1.29, 1.82) is 0 Å². The third kappa shape index (κ3) is 5.86. The second-order valence-corrected chi connectivity index (χ2v) is 9.31. The van der Waals surface area contributed by atoms with Crippen molar-refractivity contribution in [1.82, 2.24) is 19.9 Å². The monoisotopic (exact) mass is 530 g/mol. The van der Waals surface area contributed by atoms with Gasteiger partial charge >= 0.3 is 6.18 Å². The molecule has 188 valence electrons. The maximum absolute atomic E-state index is 14.1. The van der Waals surface area contributed by atoms with Crippen LogP contribution in [0.2, 0.25) is 5.02 Å². The Morgan fingerprint density at radius 1 is 1.26 bits per heavy atom. The van der Waals surface area contributed by atoms with Gasteiger partial charge in [0.05, 0.1) is 22.6 Å². The first kappa shape index (κ1) is 25.2. The van der Waals surface area contributed by atoms with Crippen molar-refractivity contribution < 1.29 is 26.9 Å². The van der Waals surface area contributed by atoms with Crippen LogP contribution < -0.4 is 20.5 Å². The number of nitrogens with two attached hydrogens (primary N) is 1. The average Bonchev–Trinajstić information content (AvgIpc) is 3.22. The molecule has 0 bridgehead atoms. The number of halogens is 4. The Kier molecular flexibility index (Phi) is 7.50. The number of nitrogens with one attached hydrogen (secondary N) is 3. The van der Waals surface area contributed by atoms with Crippen molar-refractivity contribution in [2.24, 2.45) is 0 Å². The third-order valence-corrected chi connectivity index (χ3v) is 6.87. The first-order chi connectivity index (χ1) is 16.7. The molecule has 0 amide bonds. The van der Waals surface area contributed by atoms with Crippen molar-refractivity contribution >= 4 is 40.2 Å². The molecule has 1 saturated heterocycles. The highest BCUT2D eigenvalue weighted by Gasteiger charge is 2.36. The Balaban J connectivity index is 1.73. The van der Waals surface area contributed by atoms with Crippen LogP contribution in [-0.2, 0) is 21.9 Å². The van der Waals surface area contributed by atoms with E-state index in [1.165, 1.54) is 31.4 Å². The van der Waals surface area contributed by atoms with E-state index in [1.54, 1.807) is 0 Å². The summed E-state index contributed by atoms with van der Waals surface area (Å²) >= 11 is 6.36. The summed E-state index contributed by atoms with van der Waals surface area (Å²) in [4.78, 5) is 4.03. The van der Waals surface area contributed by atoms with Crippen LogP contribution in [0, 0.1) is 0 Å². The predicted molar refractivity (Wildman–Crippen MR) is 126 cm³/mol. The minimum absolute atomic E-state index is 0.000568. The topological polar surface area (TPSA) is 127 Å². The van der Waals surface area contributed by atoms with Gasteiger partial charge in [0, 0.05) is 30.5 Å². The molecule has 2 aromatic carbocycles. The Hall–Kier alpha value is -2.87. The number of aromatic amines is 1. The van der Waals surface area contributed by atoms with Crippen molar-refractivity contribution in [2.45, 2.75) is 30.0 Å². The molecule has 14 heteroatoms. The standard InChI is InChI=1S/C21H22ClF3N6O3S/c1-33-16-3-2-11(8-17(16)35(32)31-12-4-6-34-7-5-12)18-14(21(23,24)25)9-13(10-15(18)22)27-20-28-19(26)29-30-20/h2-3,8-10,12,31H,4-7H2,1H3,(H4,26,27,28,29,30). The van der Waals surface area contributed by atoms with Crippen LogP contribution in [-0.4, -0.2) is 45.8 Å². The predicted octanol–water partition coefficient (Wildman–Crippen LogP) is 4.27. The van der Waals surface area contributed by atoms with Crippen LogP contribution >= 0.6 is 11.6 Å². The molecule has 3 aromatic rings. The van der Waals surface area contributed by atoms with Gasteiger partial charge in [-0.15, -0.1) is 5.10 Å². The van der Waals surface area contributed by atoms with Crippen LogP contribution in [0.1, 0.15) is 18.4 Å². The summed E-state index contributed by atoms with van der Waals surface area (Å²) < 4.78 is 69.0. The fourth-order valence-corrected chi connectivity index (χ4v) is 5.22. The lowest BCUT2D eigenvalue weighted by Gasteiger charge is -2.23. The van der Waals surface area contributed by atoms with Gasteiger partial charge in [-0.05, 0) is 42.7 Å². The van der Waals surface area contributed by atoms with Gasteiger partial charge in [-0.25, -0.2) is 14.0 Å². The summed E-state index contributed by atoms with van der Waals surface area (Å²) in [5, 5.41) is 8.61. The number of hydrogen-bond acceptors (Lipinski definition) is 7. The molecule has 4 rings (SSSR count). The molecule has 35 heavy (non-hydrogen) atoms. The maximum atomic E-state index is 14.1. The highest BCUT2D eigenvalue weighted by Crippen LogP contribution is 2.44. The molecule has 1 atom stereocenters. The highest BCUT2D eigenvalue weighted by atomic mass is 35.5. The maximum Gasteiger partial charge on any atom is 0.417 e. The fraction of sp³-hybridized carbons (Fsp3) is 0.333. The van der Waals surface area contributed by atoms with E-state index in [4.69, 9.17) is 26.8 Å². The lowest BCUT2D eigenvalue weighted by Crippen LogP contribution is -2.36. The zero-order valence-corrected chi connectivity index (χ0v) is 20.0. The lowest BCUT2D eigenvalue weighted by molar-refractivity contribution is -0.137. The first-order valence-corrected chi connectivity index (χ1v) is 12.0. The van der Waals surface area contributed by atoms with Crippen LogP contribution in [0.25, 0.3) is 11.1 Å². The summed E-state index contributed by atoms with van der Waals surface area (Å²) in [7, 11) is -0.341. The molecule has 9 nitrogen and oxygen atoms in total. The van der Waals surface area contributed by atoms with Gasteiger partial charge in [0.25, 0.3) is 0 Å². The molecule has 0 aliphatic carbocycles. The minimum Gasteiger partial charge on any atom is -0.495 e. The van der Waals surface area contributed by atoms with Gasteiger partial charge in [0.2, 0.25) is 11.9 Å². The van der Waals surface area contributed by atoms with Crippen LogP contribution in [0.15, 0.2) is 35.2 Å². The number of rotatable bonds is 7. The summed E-state index contributed by atoms with van der Waals surface area (Å²) in [5.41, 5.74) is 4.36. The second-order valence-electron chi connectivity index (χ2n) is 7.69. The van der Waals surface area contributed by atoms with E-state index < -0.39 is 22.7 Å². The molecule has 5 N–H and O–H groups in total. The average molecular weight is 531 g/mol. The molecule has 0 radical (unpaired) electrons. The summed E-state index contributed by atoms with van der Waals surface area (Å²) in [6, 6.07) is 6.46. The molecule has 1 fully saturated rings. The molecule has 2 heterocycles. The molecule has 1 unspecified atom stereocenters. The van der Waals surface area contributed by atoms with Gasteiger partial charge in [-0.1, -0.05) is 17.7 Å². The van der Waals surface area contributed by atoms with Crippen LogP contribution in [0.3, 0.4) is 0 Å². The van der Waals surface area contributed by atoms with Crippen LogP contribution in [0.4, 0.5) is 30.8 Å². The number of nitrogen functional groups attached to an aromatic ring is 1. The molecular formula is C21H22ClF3N6O3S. The Labute approximate surface area is 206 Å². The molecular weight excluding hydrogens is 509 g/mol. The zero-order chi connectivity index (χ0) is 25.2. The van der Waals surface area contributed by atoms with E-state index in [-0.39, 0.29) is 50.4 Å². The Bertz CT molecular complexity index is 1230. The minimum atomic E-state index is -4.74. The highest BCUT2D eigenvalue weighted by molar-refractivity contribution is 7.83. The zero-order valence-electron chi connectivity index (χ0n) is 18.4. The number of anilines is 3. The first-order valence-electron chi connectivity index (χ1n) is 10.5. The SMILES string of the molecule is COc1ccc(-c2c(Cl)cc(Nc3n[nH]c(N)n3)cc2C(F)(F)F)cc1S(=O)NC1CCOCC1. The largest absolute Gasteiger partial charge is 0.495 e. The molecule has 0 saturated carbocycles.